The average molecular weight is 377 g/mol. The number of aromatic nitrogens is 1. The number of fused-ring (bicyclic) bond motifs is 1. The number of benzene rings is 2. The molecule has 0 N–H and O–H groups in total. The lowest BCUT2D eigenvalue weighted by atomic mass is 10.0. The maximum atomic E-state index is 13.0. The van der Waals surface area contributed by atoms with Gasteiger partial charge in [-0.25, -0.2) is 8.42 Å². The van der Waals surface area contributed by atoms with Crippen molar-refractivity contribution in [3.8, 4) is 0 Å². The summed E-state index contributed by atoms with van der Waals surface area (Å²) in [6.45, 7) is 0.918. The third-order valence-corrected chi connectivity index (χ3v) is 6.50. The van der Waals surface area contributed by atoms with Crippen molar-refractivity contribution in [2.45, 2.75) is 17.9 Å². The van der Waals surface area contributed by atoms with E-state index < -0.39 is 10.0 Å². The Hall–Kier alpha value is -2.83. The van der Waals surface area contributed by atoms with Crippen LogP contribution in [0.3, 0.4) is 0 Å². The highest BCUT2D eigenvalue weighted by molar-refractivity contribution is 7.89. The van der Waals surface area contributed by atoms with Crippen LogP contribution >= 0.6 is 0 Å². The Bertz CT molecular complexity index is 1060. The minimum atomic E-state index is -3.52. The zero-order chi connectivity index (χ0) is 18.7. The summed E-state index contributed by atoms with van der Waals surface area (Å²) in [6, 6.07) is 18.4. The highest BCUT2D eigenvalue weighted by atomic mass is 32.2. The molecule has 1 aromatic heterocycles. The van der Waals surface area contributed by atoms with Crippen LogP contribution in [0, 0.1) is 0 Å². The summed E-state index contributed by atoms with van der Waals surface area (Å²) >= 11 is 0. The minimum Gasteiger partial charge on any atom is -0.265 e. The molecule has 0 radical (unpaired) electrons. The van der Waals surface area contributed by atoms with E-state index >= 15 is 0 Å². The van der Waals surface area contributed by atoms with E-state index in [2.05, 4.69) is 16.0 Å². The van der Waals surface area contributed by atoms with Gasteiger partial charge >= 0.3 is 0 Å². The largest absolute Gasteiger partial charge is 0.265 e. The summed E-state index contributed by atoms with van der Waals surface area (Å²) in [4.78, 5) is 8.64. The fourth-order valence-electron chi connectivity index (χ4n) is 3.13. The van der Waals surface area contributed by atoms with E-state index in [-0.39, 0.29) is 0 Å². The molecular weight excluding hydrogens is 358 g/mol. The number of hydrogen-bond acceptors (Lipinski definition) is 4. The molecule has 3 aromatic rings. The molecule has 2 aromatic carbocycles. The van der Waals surface area contributed by atoms with Crippen molar-refractivity contribution in [3.05, 3.63) is 89.7 Å². The molecule has 0 amide bonds. The molecule has 5 nitrogen and oxygen atoms in total. The van der Waals surface area contributed by atoms with Crippen LogP contribution in [0.5, 0.6) is 0 Å². The van der Waals surface area contributed by atoms with Crippen LogP contribution in [-0.4, -0.2) is 30.5 Å². The topological polar surface area (TPSA) is 62.6 Å². The summed E-state index contributed by atoms with van der Waals surface area (Å²) in [5, 5.41) is 0. The normalized spacial score (nSPS) is 15.0. The lowest BCUT2D eigenvalue weighted by Crippen LogP contribution is -2.35. The molecule has 0 fully saturated rings. The predicted octanol–water partition coefficient (Wildman–Crippen LogP) is 3.58. The lowest BCUT2D eigenvalue weighted by Gasteiger charge is -2.28. The Labute approximate surface area is 159 Å². The van der Waals surface area contributed by atoms with Gasteiger partial charge in [0.25, 0.3) is 0 Å². The van der Waals surface area contributed by atoms with Gasteiger partial charge in [-0.1, -0.05) is 24.3 Å². The van der Waals surface area contributed by atoms with E-state index in [1.165, 1.54) is 5.56 Å². The first-order valence-corrected chi connectivity index (χ1v) is 10.2. The zero-order valence-corrected chi connectivity index (χ0v) is 15.5. The van der Waals surface area contributed by atoms with Gasteiger partial charge in [-0.2, -0.15) is 4.31 Å². The van der Waals surface area contributed by atoms with E-state index in [0.717, 1.165) is 17.5 Å². The molecule has 2 heterocycles. The summed E-state index contributed by atoms with van der Waals surface area (Å²) in [6.07, 6.45) is 5.87. The first-order chi connectivity index (χ1) is 13.1. The van der Waals surface area contributed by atoms with Crippen molar-refractivity contribution < 1.29 is 8.42 Å². The Morgan fingerprint density at radius 1 is 0.926 bits per heavy atom. The number of pyridine rings is 1. The molecule has 0 bridgehead atoms. The molecule has 27 heavy (non-hydrogen) atoms. The molecule has 6 heteroatoms. The molecular formula is C21H19N3O2S. The Balaban J connectivity index is 1.52. The van der Waals surface area contributed by atoms with Crippen LogP contribution < -0.4 is 0 Å². The molecule has 4 rings (SSSR count). The van der Waals surface area contributed by atoms with Gasteiger partial charge in [-0.3, -0.25) is 9.98 Å². The number of aliphatic imine (C=N–C) groups is 1. The predicted molar refractivity (Wildman–Crippen MR) is 106 cm³/mol. The molecule has 0 spiro atoms. The van der Waals surface area contributed by atoms with E-state index in [1.54, 1.807) is 47.2 Å². The van der Waals surface area contributed by atoms with Crippen LogP contribution in [-0.2, 0) is 23.0 Å². The Morgan fingerprint density at radius 2 is 1.63 bits per heavy atom. The smallest absolute Gasteiger partial charge is 0.243 e. The van der Waals surface area contributed by atoms with Crippen molar-refractivity contribution in [2.24, 2.45) is 4.99 Å². The Kier molecular flexibility index (Phi) is 4.83. The highest BCUT2D eigenvalue weighted by Crippen LogP contribution is 2.26. The summed E-state index contributed by atoms with van der Waals surface area (Å²) in [5.41, 5.74) is 3.94. The SMILES string of the molecule is O=S(=O)(c1ccc(N=Cc2ccncc2)cc1)N1CCc2ccccc2C1. The van der Waals surface area contributed by atoms with Gasteiger partial charge in [0.2, 0.25) is 10.0 Å². The van der Waals surface area contributed by atoms with Crippen LogP contribution in [0.1, 0.15) is 16.7 Å². The first-order valence-electron chi connectivity index (χ1n) is 8.74. The maximum Gasteiger partial charge on any atom is 0.243 e. The second kappa shape index (κ2) is 7.42. The molecule has 0 atom stereocenters. The standard InChI is InChI=1S/C21H19N3O2S/c25-27(26,24-14-11-18-3-1-2-4-19(18)16-24)21-7-5-20(6-8-21)23-15-17-9-12-22-13-10-17/h1-10,12-13,15H,11,14,16H2. The van der Waals surface area contributed by atoms with Crippen LogP contribution in [0.4, 0.5) is 5.69 Å². The third kappa shape index (κ3) is 3.82. The van der Waals surface area contributed by atoms with Crippen molar-refractivity contribution >= 4 is 21.9 Å². The molecule has 1 aliphatic rings. The van der Waals surface area contributed by atoms with Crippen LogP contribution in [0.2, 0.25) is 0 Å². The molecule has 0 saturated carbocycles. The lowest BCUT2D eigenvalue weighted by molar-refractivity contribution is 0.391. The molecule has 0 saturated heterocycles. The minimum absolute atomic E-state index is 0.296. The molecule has 136 valence electrons. The van der Waals surface area contributed by atoms with E-state index in [4.69, 9.17) is 0 Å². The van der Waals surface area contributed by atoms with E-state index in [0.29, 0.717) is 23.7 Å². The maximum absolute atomic E-state index is 13.0. The second-order valence-corrected chi connectivity index (χ2v) is 8.33. The fraction of sp³-hybridized carbons (Fsp3) is 0.143. The number of rotatable bonds is 4. The quantitative estimate of drug-likeness (QED) is 0.653. The van der Waals surface area contributed by atoms with Gasteiger partial charge in [0.15, 0.2) is 0 Å². The van der Waals surface area contributed by atoms with Gasteiger partial charge in [-0.15, -0.1) is 0 Å². The highest BCUT2D eigenvalue weighted by Gasteiger charge is 2.27. The van der Waals surface area contributed by atoms with Gasteiger partial charge < -0.3 is 0 Å². The van der Waals surface area contributed by atoms with Gasteiger partial charge in [0.1, 0.15) is 0 Å². The third-order valence-electron chi connectivity index (χ3n) is 4.64. The second-order valence-electron chi connectivity index (χ2n) is 6.39. The monoisotopic (exact) mass is 377 g/mol. The molecule has 0 aliphatic carbocycles. The van der Waals surface area contributed by atoms with Crippen molar-refractivity contribution in [3.63, 3.8) is 0 Å². The van der Waals surface area contributed by atoms with Crippen LogP contribution in [0.25, 0.3) is 0 Å². The number of sulfonamides is 1. The first kappa shape index (κ1) is 17.6. The van der Waals surface area contributed by atoms with Gasteiger partial charge in [0, 0.05) is 31.7 Å². The summed E-state index contributed by atoms with van der Waals surface area (Å²) in [7, 11) is -3.52. The van der Waals surface area contributed by atoms with Gasteiger partial charge in [-0.05, 0) is 59.5 Å². The molecule has 1 aliphatic heterocycles. The van der Waals surface area contributed by atoms with E-state index in [9.17, 15) is 8.42 Å². The average Bonchev–Trinajstić information content (AvgIpc) is 2.73. The van der Waals surface area contributed by atoms with Crippen molar-refractivity contribution in [1.82, 2.24) is 9.29 Å². The summed E-state index contributed by atoms with van der Waals surface area (Å²) < 4.78 is 27.5. The zero-order valence-electron chi connectivity index (χ0n) is 14.7. The van der Waals surface area contributed by atoms with Crippen molar-refractivity contribution in [2.75, 3.05) is 6.54 Å². The molecule has 0 unspecified atom stereocenters. The number of nitrogens with zero attached hydrogens (tertiary/aromatic N) is 3. The van der Waals surface area contributed by atoms with Crippen LogP contribution in [0.15, 0.2) is 82.9 Å². The summed E-state index contributed by atoms with van der Waals surface area (Å²) in [5.74, 6) is 0. The van der Waals surface area contributed by atoms with Gasteiger partial charge in [0.05, 0.1) is 10.6 Å². The fourth-order valence-corrected chi connectivity index (χ4v) is 4.55. The number of hydrogen-bond donors (Lipinski definition) is 0. The Morgan fingerprint density at radius 3 is 2.37 bits per heavy atom. The van der Waals surface area contributed by atoms with Crippen molar-refractivity contribution in [1.29, 1.82) is 0 Å². The van der Waals surface area contributed by atoms with E-state index in [1.807, 2.05) is 30.3 Å².